The third-order valence-corrected chi connectivity index (χ3v) is 5.63. The van der Waals surface area contributed by atoms with E-state index in [1.54, 1.807) is 11.3 Å². The van der Waals surface area contributed by atoms with E-state index >= 15 is 0 Å². The molecule has 2 aliphatic rings. The van der Waals surface area contributed by atoms with Gasteiger partial charge in [-0.25, -0.2) is 4.79 Å². The average molecular weight is 345 g/mol. The van der Waals surface area contributed by atoms with Crippen molar-refractivity contribution in [3.63, 3.8) is 0 Å². The van der Waals surface area contributed by atoms with Gasteiger partial charge >= 0.3 is 6.03 Å². The first-order valence-corrected chi connectivity index (χ1v) is 9.43. The van der Waals surface area contributed by atoms with E-state index in [9.17, 15) is 4.79 Å². The van der Waals surface area contributed by atoms with Gasteiger partial charge in [-0.1, -0.05) is 6.07 Å². The molecule has 0 bridgehead atoms. The van der Waals surface area contributed by atoms with Gasteiger partial charge in [-0.15, -0.1) is 11.3 Å². The minimum Gasteiger partial charge on any atom is -0.353 e. The van der Waals surface area contributed by atoms with E-state index in [1.807, 2.05) is 34.1 Å². The molecular weight excluding hydrogens is 322 g/mol. The van der Waals surface area contributed by atoms with Crippen LogP contribution in [0.1, 0.15) is 29.3 Å². The normalized spacial score (nSPS) is 18.0. The number of nitrogens with zero attached hydrogens (tertiary/aromatic N) is 4. The van der Waals surface area contributed by atoms with Gasteiger partial charge in [-0.05, 0) is 24.3 Å². The Morgan fingerprint density at radius 2 is 2.12 bits per heavy atom. The smallest absolute Gasteiger partial charge is 0.317 e. The van der Waals surface area contributed by atoms with Crippen LogP contribution in [0.3, 0.4) is 0 Å². The van der Waals surface area contributed by atoms with Crippen LogP contribution in [0.15, 0.2) is 23.6 Å². The summed E-state index contributed by atoms with van der Waals surface area (Å²) < 4.78 is 1.99. The van der Waals surface area contributed by atoms with Gasteiger partial charge in [-0.3, -0.25) is 4.68 Å². The van der Waals surface area contributed by atoms with Crippen LogP contribution < -0.4 is 10.2 Å². The molecule has 1 saturated heterocycles. The molecule has 0 radical (unpaired) electrons. The number of amides is 2. The van der Waals surface area contributed by atoms with Crippen molar-refractivity contribution >= 4 is 23.2 Å². The zero-order valence-corrected chi connectivity index (χ0v) is 14.8. The summed E-state index contributed by atoms with van der Waals surface area (Å²) in [6.45, 7) is 3.83. The van der Waals surface area contributed by atoms with Gasteiger partial charge in [-0.2, -0.15) is 5.10 Å². The molecule has 1 N–H and O–H groups in total. The van der Waals surface area contributed by atoms with Gasteiger partial charge in [0.2, 0.25) is 0 Å². The van der Waals surface area contributed by atoms with Gasteiger partial charge in [0.25, 0.3) is 0 Å². The fourth-order valence-corrected chi connectivity index (χ4v) is 3.82. The summed E-state index contributed by atoms with van der Waals surface area (Å²) in [5, 5.41) is 9.68. The standard InChI is InChI=1S/C17H23N5OS/c1-20-16(11-15(19-20)13-4-5-13)21-6-8-22(9-7-21)17(23)18-12-14-3-2-10-24-14/h2-3,10-11,13H,4-9,12H2,1H3,(H,18,23). The predicted molar refractivity (Wildman–Crippen MR) is 95.5 cm³/mol. The Morgan fingerprint density at radius 1 is 1.33 bits per heavy atom. The lowest BCUT2D eigenvalue weighted by atomic mass is 10.2. The van der Waals surface area contributed by atoms with E-state index in [1.165, 1.54) is 29.2 Å². The van der Waals surface area contributed by atoms with Crippen molar-refractivity contribution < 1.29 is 4.79 Å². The summed E-state index contributed by atoms with van der Waals surface area (Å²) in [6.07, 6.45) is 2.54. The maximum Gasteiger partial charge on any atom is 0.317 e. The number of urea groups is 1. The van der Waals surface area contributed by atoms with Crippen LogP contribution in [-0.2, 0) is 13.6 Å². The Kier molecular flexibility index (Phi) is 4.18. The molecule has 2 fully saturated rings. The number of hydrogen-bond acceptors (Lipinski definition) is 4. The highest BCUT2D eigenvalue weighted by Crippen LogP contribution is 2.40. The zero-order chi connectivity index (χ0) is 16.5. The summed E-state index contributed by atoms with van der Waals surface area (Å²) in [5.74, 6) is 1.85. The number of nitrogens with one attached hydrogen (secondary N) is 1. The van der Waals surface area contributed by atoms with Gasteiger partial charge < -0.3 is 15.1 Å². The van der Waals surface area contributed by atoms with E-state index < -0.39 is 0 Å². The van der Waals surface area contributed by atoms with Crippen LogP contribution in [-0.4, -0.2) is 46.9 Å². The summed E-state index contributed by atoms with van der Waals surface area (Å²) in [6, 6.07) is 6.31. The Labute approximate surface area is 146 Å². The van der Waals surface area contributed by atoms with Crippen molar-refractivity contribution in [2.24, 2.45) is 7.05 Å². The molecule has 24 heavy (non-hydrogen) atoms. The molecule has 7 heteroatoms. The molecule has 2 aromatic heterocycles. The minimum atomic E-state index is 0.0340. The fraction of sp³-hybridized carbons (Fsp3) is 0.529. The molecule has 2 amide bonds. The maximum absolute atomic E-state index is 12.3. The molecule has 2 aromatic rings. The molecule has 3 heterocycles. The SMILES string of the molecule is Cn1nc(C2CC2)cc1N1CCN(C(=O)NCc2cccs2)CC1. The first-order valence-electron chi connectivity index (χ1n) is 8.55. The van der Waals surface area contributed by atoms with Crippen molar-refractivity contribution in [2.75, 3.05) is 31.1 Å². The molecule has 4 rings (SSSR count). The number of hydrogen-bond donors (Lipinski definition) is 1. The Hall–Kier alpha value is -2.02. The molecular formula is C17H23N5OS. The van der Waals surface area contributed by atoms with Crippen LogP contribution in [0.4, 0.5) is 10.6 Å². The van der Waals surface area contributed by atoms with E-state index in [0.717, 1.165) is 26.2 Å². The number of aryl methyl sites for hydroxylation is 1. The largest absolute Gasteiger partial charge is 0.353 e. The van der Waals surface area contributed by atoms with Crippen molar-refractivity contribution in [2.45, 2.75) is 25.3 Å². The first kappa shape index (κ1) is 15.5. The average Bonchev–Trinajstić information content (AvgIpc) is 3.18. The van der Waals surface area contributed by atoms with Crippen LogP contribution in [0.5, 0.6) is 0 Å². The molecule has 0 unspecified atom stereocenters. The third-order valence-electron chi connectivity index (χ3n) is 4.75. The van der Waals surface area contributed by atoms with Gasteiger partial charge in [0.1, 0.15) is 5.82 Å². The highest BCUT2D eigenvalue weighted by atomic mass is 32.1. The number of carbonyl (C=O) groups excluding carboxylic acids is 1. The Morgan fingerprint density at radius 3 is 2.79 bits per heavy atom. The second kappa shape index (κ2) is 6.47. The second-order valence-corrected chi connectivity index (χ2v) is 7.57. The number of rotatable bonds is 4. The van der Waals surface area contributed by atoms with E-state index in [2.05, 4.69) is 21.4 Å². The summed E-state index contributed by atoms with van der Waals surface area (Å²) in [5.41, 5.74) is 1.23. The van der Waals surface area contributed by atoms with Gasteiger partial charge in [0, 0.05) is 50.1 Å². The minimum absolute atomic E-state index is 0.0340. The lowest BCUT2D eigenvalue weighted by Crippen LogP contribution is -2.52. The summed E-state index contributed by atoms with van der Waals surface area (Å²) in [4.78, 5) is 17.7. The second-order valence-electron chi connectivity index (χ2n) is 6.54. The van der Waals surface area contributed by atoms with Crippen molar-refractivity contribution in [1.29, 1.82) is 0 Å². The van der Waals surface area contributed by atoms with Crippen LogP contribution >= 0.6 is 11.3 Å². The number of aromatic nitrogens is 2. The number of carbonyl (C=O) groups is 1. The predicted octanol–water partition coefficient (Wildman–Crippen LogP) is 2.39. The van der Waals surface area contributed by atoms with Crippen LogP contribution in [0, 0.1) is 0 Å². The molecule has 6 nitrogen and oxygen atoms in total. The third kappa shape index (κ3) is 3.26. The summed E-state index contributed by atoms with van der Waals surface area (Å²) >= 11 is 1.67. The molecule has 1 aliphatic heterocycles. The van der Waals surface area contributed by atoms with E-state index in [0.29, 0.717) is 12.5 Å². The Balaban J connectivity index is 1.30. The van der Waals surface area contributed by atoms with Crippen LogP contribution in [0.25, 0.3) is 0 Å². The van der Waals surface area contributed by atoms with Crippen molar-refractivity contribution in [3.8, 4) is 0 Å². The lowest BCUT2D eigenvalue weighted by molar-refractivity contribution is 0.194. The Bertz CT molecular complexity index is 699. The van der Waals surface area contributed by atoms with Crippen LogP contribution in [0.2, 0.25) is 0 Å². The molecule has 1 aliphatic carbocycles. The molecule has 1 saturated carbocycles. The topological polar surface area (TPSA) is 53.4 Å². The number of thiophene rings is 1. The first-order chi connectivity index (χ1) is 11.7. The van der Waals surface area contributed by atoms with Gasteiger partial charge in [0.05, 0.1) is 12.2 Å². The maximum atomic E-state index is 12.3. The highest BCUT2D eigenvalue weighted by molar-refractivity contribution is 7.09. The molecule has 128 valence electrons. The van der Waals surface area contributed by atoms with E-state index in [4.69, 9.17) is 0 Å². The lowest BCUT2D eigenvalue weighted by Gasteiger charge is -2.35. The fourth-order valence-electron chi connectivity index (χ4n) is 3.18. The van der Waals surface area contributed by atoms with Crippen molar-refractivity contribution in [3.05, 3.63) is 34.2 Å². The number of anilines is 1. The molecule has 0 spiro atoms. The summed E-state index contributed by atoms with van der Waals surface area (Å²) in [7, 11) is 2.02. The highest BCUT2D eigenvalue weighted by Gasteiger charge is 2.29. The van der Waals surface area contributed by atoms with Crippen molar-refractivity contribution in [1.82, 2.24) is 20.0 Å². The number of piperazine rings is 1. The zero-order valence-electron chi connectivity index (χ0n) is 13.9. The van der Waals surface area contributed by atoms with E-state index in [-0.39, 0.29) is 6.03 Å². The monoisotopic (exact) mass is 345 g/mol. The molecule has 0 atom stereocenters. The quantitative estimate of drug-likeness (QED) is 0.926. The molecule has 0 aromatic carbocycles. The van der Waals surface area contributed by atoms with Gasteiger partial charge in [0.15, 0.2) is 0 Å².